The summed E-state index contributed by atoms with van der Waals surface area (Å²) in [7, 11) is 0. The third kappa shape index (κ3) is 3.96. The summed E-state index contributed by atoms with van der Waals surface area (Å²) in [4.78, 5) is 48.9. The first kappa shape index (κ1) is 19.0. The van der Waals surface area contributed by atoms with Crippen molar-refractivity contribution < 1.29 is 28.0 Å². The number of hydrogen-bond donors (Lipinski definition) is 0. The highest BCUT2D eigenvalue weighted by Gasteiger charge is 2.21. The molecule has 3 aromatic carbocycles. The lowest BCUT2D eigenvalue weighted by molar-refractivity contribution is 0.0814. The molecule has 0 aliphatic rings. The SMILES string of the molecule is O=C(C(=O)c1ccc(C(=O)C(=O)c2ccc(F)cc2)cc1)c1ccc(F)cc1. The summed E-state index contributed by atoms with van der Waals surface area (Å²) >= 11 is 0. The highest BCUT2D eigenvalue weighted by Crippen LogP contribution is 2.13. The molecule has 0 bridgehead atoms. The maximum atomic E-state index is 12.9. The van der Waals surface area contributed by atoms with Crippen LogP contribution in [0.4, 0.5) is 8.78 Å². The predicted molar refractivity (Wildman–Crippen MR) is 96.6 cm³/mol. The lowest BCUT2D eigenvalue weighted by atomic mass is 9.97. The molecule has 0 saturated heterocycles. The van der Waals surface area contributed by atoms with Gasteiger partial charge < -0.3 is 0 Å². The van der Waals surface area contributed by atoms with E-state index < -0.39 is 34.8 Å². The molecule has 28 heavy (non-hydrogen) atoms. The lowest BCUT2D eigenvalue weighted by Gasteiger charge is -2.04. The maximum absolute atomic E-state index is 12.9. The Morgan fingerprint density at radius 3 is 0.786 bits per heavy atom. The van der Waals surface area contributed by atoms with E-state index in [9.17, 15) is 28.0 Å². The van der Waals surface area contributed by atoms with E-state index in [0.717, 1.165) is 24.3 Å². The van der Waals surface area contributed by atoms with Crippen molar-refractivity contribution in [1.82, 2.24) is 0 Å². The smallest absolute Gasteiger partial charge is 0.233 e. The minimum Gasteiger partial charge on any atom is -0.285 e. The van der Waals surface area contributed by atoms with Crippen LogP contribution in [0.3, 0.4) is 0 Å². The van der Waals surface area contributed by atoms with Crippen molar-refractivity contribution in [2.45, 2.75) is 0 Å². The van der Waals surface area contributed by atoms with E-state index >= 15 is 0 Å². The Kier molecular flexibility index (Phi) is 5.31. The van der Waals surface area contributed by atoms with Crippen LogP contribution in [-0.2, 0) is 0 Å². The number of carbonyl (C=O) groups is 4. The summed E-state index contributed by atoms with van der Waals surface area (Å²) in [5.74, 6) is -4.34. The Labute approximate surface area is 158 Å². The van der Waals surface area contributed by atoms with Crippen LogP contribution in [0.15, 0.2) is 72.8 Å². The second kappa shape index (κ2) is 7.84. The minimum absolute atomic E-state index is 0.0279. The van der Waals surface area contributed by atoms with Crippen molar-refractivity contribution >= 4 is 23.1 Å². The summed E-state index contributed by atoms with van der Waals surface area (Å²) in [5.41, 5.74) is 0.135. The second-order valence-electron chi connectivity index (χ2n) is 5.91. The summed E-state index contributed by atoms with van der Waals surface area (Å²) in [6.45, 7) is 0. The standard InChI is InChI=1S/C22H12F2O4/c23-17-9-5-15(6-10-17)21(27)19(25)13-1-2-14(4-3-13)20(26)22(28)16-7-11-18(24)12-8-16/h1-12H. The molecule has 0 heterocycles. The normalized spacial score (nSPS) is 10.4. The van der Waals surface area contributed by atoms with E-state index in [0.29, 0.717) is 0 Å². The topological polar surface area (TPSA) is 68.3 Å². The Morgan fingerprint density at radius 2 is 0.571 bits per heavy atom. The van der Waals surface area contributed by atoms with Crippen LogP contribution >= 0.6 is 0 Å². The number of halogens is 2. The van der Waals surface area contributed by atoms with Crippen LogP contribution in [0.2, 0.25) is 0 Å². The molecule has 6 heteroatoms. The largest absolute Gasteiger partial charge is 0.285 e. The number of rotatable bonds is 6. The molecule has 0 N–H and O–H groups in total. The molecular weight excluding hydrogens is 366 g/mol. The van der Waals surface area contributed by atoms with Crippen LogP contribution in [-0.4, -0.2) is 23.1 Å². The number of hydrogen-bond acceptors (Lipinski definition) is 4. The Hall–Kier alpha value is -3.80. The first-order valence-corrected chi connectivity index (χ1v) is 8.16. The maximum Gasteiger partial charge on any atom is 0.233 e. The molecule has 3 rings (SSSR count). The van der Waals surface area contributed by atoms with Gasteiger partial charge in [0, 0.05) is 22.3 Å². The third-order valence-electron chi connectivity index (χ3n) is 4.03. The van der Waals surface area contributed by atoms with Gasteiger partial charge in [0.15, 0.2) is 0 Å². The molecule has 3 aromatic rings. The Morgan fingerprint density at radius 1 is 0.393 bits per heavy atom. The van der Waals surface area contributed by atoms with Gasteiger partial charge in [0.05, 0.1) is 0 Å². The van der Waals surface area contributed by atoms with Gasteiger partial charge in [-0.25, -0.2) is 8.78 Å². The van der Waals surface area contributed by atoms with E-state index in [-0.39, 0.29) is 22.3 Å². The zero-order valence-corrected chi connectivity index (χ0v) is 14.3. The number of ketones is 4. The molecule has 138 valence electrons. The minimum atomic E-state index is -0.824. The van der Waals surface area contributed by atoms with E-state index in [2.05, 4.69) is 0 Å². The molecule has 0 amide bonds. The molecule has 0 radical (unpaired) electrons. The highest BCUT2D eigenvalue weighted by atomic mass is 19.1. The van der Waals surface area contributed by atoms with Gasteiger partial charge >= 0.3 is 0 Å². The first-order valence-electron chi connectivity index (χ1n) is 8.16. The molecule has 0 atom stereocenters. The van der Waals surface area contributed by atoms with Crippen molar-refractivity contribution in [3.63, 3.8) is 0 Å². The molecule has 0 saturated carbocycles. The van der Waals surface area contributed by atoms with Gasteiger partial charge in [-0.05, 0) is 48.5 Å². The number of carbonyl (C=O) groups excluding carboxylic acids is 4. The molecule has 0 aromatic heterocycles. The lowest BCUT2D eigenvalue weighted by Crippen LogP contribution is -2.16. The van der Waals surface area contributed by atoms with E-state index in [1.807, 2.05) is 0 Å². The molecule has 0 spiro atoms. The fourth-order valence-corrected chi connectivity index (χ4v) is 2.50. The third-order valence-corrected chi connectivity index (χ3v) is 4.03. The highest BCUT2D eigenvalue weighted by molar-refractivity contribution is 6.50. The van der Waals surface area contributed by atoms with Crippen molar-refractivity contribution in [3.8, 4) is 0 Å². The summed E-state index contributed by atoms with van der Waals surface area (Å²) in [6, 6.07) is 14.1. The van der Waals surface area contributed by atoms with Crippen molar-refractivity contribution in [2.24, 2.45) is 0 Å². The van der Waals surface area contributed by atoms with Crippen molar-refractivity contribution in [3.05, 3.63) is 107 Å². The van der Waals surface area contributed by atoms with Crippen LogP contribution in [0.25, 0.3) is 0 Å². The molecule has 0 unspecified atom stereocenters. The van der Waals surface area contributed by atoms with Gasteiger partial charge in [-0.3, -0.25) is 19.2 Å². The summed E-state index contributed by atoms with van der Waals surface area (Å²) < 4.78 is 25.9. The monoisotopic (exact) mass is 378 g/mol. The average Bonchev–Trinajstić information content (AvgIpc) is 2.73. The molecule has 0 aliphatic heterocycles. The molecule has 4 nitrogen and oxygen atoms in total. The zero-order chi connectivity index (χ0) is 20.3. The Bertz CT molecular complexity index is 979. The molecule has 0 fully saturated rings. The fourth-order valence-electron chi connectivity index (χ4n) is 2.50. The second-order valence-corrected chi connectivity index (χ2v) is 5.91. The number of benzene rings is 3. The van der Waals surface area contributed by atoms with Crippen LogP contribution < -0.4 is 0 Å². The quantitative estimate of drug-likeness (QED) is 0.478. The Balaban J connectivity index is 1.77. The van der Waals surface area contributed by atoms with Crippen LogP contribution in [0.1, 0.15) is 41.4 Å². The zero-order valence-electron chi connectivity index (χ0n) is 14.3. The summed E-state index contributed by atoms with van der Waals surface area (Å²) in [5, 5.41) is 0. The van der Waals surface area contributed by atoms with Crippen molar-refractivity contribution in [2.75, 3.05) is 0 Å². The first-order chi connectivity index (χ1) is 13.4. The van der Waals surface area contributed by atoms with Gasteiger partial charge in [-0.2, -0.15) is 0 Å². The van der Waals surface area contributed by atoms with Gasteiger partial charge in [0.2, 0.25) is 23.1 Å². The molecular formula is C22H12F2O4. The van der Waals surface area contributed by atoms with Gasteiger partial charge in [-0.15, -0.1) is 0 Å². The van der Waals surface area contributed by atoms with Crippen molar-refractivity contribution in [1.29, 1.82) is 0 Å². The summed E-state index contributed by atoms with van der Waals surface area (Å²) in [6.07, 6.45) is 0. The predicted octanol–water partition coefficient (Wildman–Crippen LogP) is 4.10. The van der Waals surface area contributed by atoms with Crippen LogP contribution in [0, 0.1) is 11.6 Å². The average molecular weight is 378 g/mol. The number of Topliss-reactive ketones (excluding diaryl/α,β-unsaturated/α-hetero) is 4. The van der Waals surface area contributed by atoms with Gasteiger partial charge in [0.25, 0.3) is 0 Å². The fraction of sp³-hybridized carbons (Fsp3) is 0. The van der Waals surface area contributed by atoms with Gasteiger partial charge in [-0.1, -0.05) is 24.3 Å². The van der Waals surface area contributed by atoms with Crippen LogP contribution in [0.5, 0.6) is 0 Å². The van der Waals surface area contributed by atoms with E-state index in [1.165, 1.54) is 48.5 Å². The van der Waals surface area contributed by atoms with E-state index in [4.69, 9.17) is 0 Å². The van der Waals surface area contributed by atoms with Gasteiger partial charge in [0.1, 0.15) is 11.6 Å². The molecule has 0 aliphatic carbocycles. The van der Waals surface area contributed by atoms with E-state index in [1.54, 1.807) is 0 Å².